The van der Waals surface area contributed by atoms with Gasteiger partial charge >= 0.3 is 18.2 Å². The summed E-state index contributed by atoms with van der Waals surface area (Å²) < 4.78 is 10.7. The monoisotopic (exact) mass is 614 g/mol. The lowest BCUT2D eigenvalue weighted by atomic mass is 10.2. The van der Waals surface area contributed by atoms with Crippen LogP contribution in [-0.2, 0) is 14.3 Å². The van der Waals surface area contributed by atoms with Gasteiger partial charge in [0.15, 0.2) is 0 Å². The number of carbonyl (C=O) groups excluding carboxylic acids is 4. The highest BCUT2D eigenvalue weighted by molar-refractivity contribution is 5.93. The van der Waals surface area contributed by atoms with Crippen LogP contribution in [0.1, 0.15) is 86.5 Å². The Morgan fingerprint density at radius 2 is 1.23 bits per heavy atom. The van der Waals surface area contributed by atoms with Crippen LogP contribution in [0.3, 0.4) is 0 Å². The molecule has 0 unspecified atom stereocenters. The molecule has 0 fully saturated rings. The molecular weight excluding hydrogens is 556 g/mol. The SMILES string of the molecule is CN=C(NCCCCCCNC(=O)CNC(=O)NCCCCN(CCCNC)C(=O)OC(C)(C)C)NC(=O)OC(C)(C)C. The predicted octanol–water partition coefficient (Wildman–Crippen LogP) is 2.69. The van der Waals surface area contributed by atoms with Crippen LogP contribution < -0.4 is 31.9 Å². The van der Waals surface area contributed by atoms with Gasteiger partial charge in [-0.05, 0) is 87.2 Å². The lowest BCUT2D eigenvalue weighted by Crippen LogP contribution is -2.43. The summed E-state index contributed by atoms with van der Waals surface area (Å²) in [4.78, 5) is 54.0. The van der Waals surface area contributed by atoms with Gasteiger partial charge < -0.3 is 41.0 Å². The van der Waals surface area contributed by atoms with Gasteiger partial charge in [-0.25, -0.2) is 14.4 Å². The number of nitrogens with one attached hydrogen (secondary N) is 6. The zero-order valence-corrected chi connectivity index (χ0v) is 27.7. The number of ether oxygens (including phenoxy) is 2. The zero-order chi connectivity index (χ0) is 32.7. The fourth-order valence-electron chi connectivity index (χ4n) is 3.60. The molecule has 0 aromatic heterocycles. The normalized spacial score (nSPS) is 11.8. The van der Waals surface area contributed by atoms with Crippen LogP contribution in [0.5, 0.6) is 0 Å². The summed E-state index contributed by atoms with van der Waals surface area (Å²) in [5.74, 6) is 0.113. The molecule has 250 valence electrons. The molecule has 0 radical (unpaired) electrons. The van der Waals surface area contributed by atoms with E-state index in [2.05, 4.69) is 36.9 Å². The van der Waals surface area contributed by atoms with E-state index < -0.39 is 23.3 Å². The van der Waals surface area contributed by atoms with E-state index in [0.717, 1.165) is 38.6 Å². The Hall–Kier alpha value is -3.29. The molecule has 0 aliphatic carbocycles. The summed E-state index contributed by atoms with van der Waals surface area (Å²) in [6.45, 7) is 14.4. The van der Waals surface area contributed by atoms with E-state index in [0.29, 0.717) is 51.5 Å². The van der Waals surface area contributed by atoms with Crippen molar-refractivity contribution in [2.75, 3.05) is 59.9 Å². The Kier molecular flexibility index (Phi) is 20.6. The van der Waals surface area contributed by atoms with Crippen LogP contribution in [0.15, 0.2) is 4.99 Å². The molecule has 6 N–H and O–H groups in total. The number of guanidine groups is 1. The summed E-state index contributed by atoms with van der Waals surface area (Å²) >= 11 is 0. The van der Waals surface area contributed by atoms with Crippen molar-refractivity contribution in [3.63, 3.8) is 0 Å². The predicted molar refractivity (Wildman–Crippen MR) is 169 cm³/mol. The van der Waals surface area contributed by atoms with Gasteiger partial charge in [0.25, 0.3) is 0 Å². The van der Waals surface area contributed by atoms with Crippen LogP contribution in [0.2, 0.25) is 0 Å². The minimum Gasteiger partial charge on any atom is -0.444 e. The molecule has 0 bridgehead atoms. The van der Waals surface area contributed by atoms with Gasteiger partial charge in [-0.15, -0.1) is 0 Å². The Morgan fingerprint density at radius 3 is 1.81 bits per heavy atom. The third kappa shape index (κ3) is 25.0. The van der Waals surface area contributed by atoms with Crippen LogP contribution in [0.25, 0.3) is 0 Å². The first kappa shape index (κ1) is 39.7. The number of amides is 5. The number of hydrogen-bond acceptors (Lipinski definition) is 8. The molecule has 0 saturated heterocycles. The molecular formula is C29H58N8O6. The van der Waals surface area contributed by atoms with Crippen molar-refractivity contribution in [3.8, 4) is 0 Å². The number of urea groups is 1. The third-order valence-electron chi connectivity index (χ3n) is 5.62. The molecule has 0 heterocycles. The second-order valence-corrected chi connectivity index (χ2v) is 12.1. The molecule has 0 atom stereocenters. The first-order valence-electron chi connectivity index (χ1n) is 15.3. The first-order chi connectivity index (χ1) is 20.2. The highest BCUT2D eigenvalue weighted by Crippen LogP contribution is 2.11. The Bertz CT molecular complexity index is 855. The average Bonchev–Trinajstić information content (AvgIpc) is 2.89. The van der Waals surface area contributed by atoms with E-state index in [1.54, 1.807) is 32.7 Å². The topological polar surface area (TPSA) is 175 Å². The Morgan fingerprint density at radius 1 is 0.674 bits per heavy atom. The third-order valence-corrected chi connectivity index (χ3v) is 5.62. The number of carbonyl (C=O) groups is 4. The van der Waals surface area contributed by atoms with Crippen molar-refractivity contribution in [2.45, 2.75) is 97.7 Å². The van der Waals surface area contributed by atoms with Gasteiger partial charge in [-0.2, -0.15) is 0 Å². The van der Waals surface area contributed by atoms with E-state index >= 15 is 0 Å². The molecule has 43 heavy (non-hydrogen) atoms. The van der Waals surface area contributed by atoms with Crippen molar-refractivity contribution in [3.05, 3.63) is 0 Å². The largest absolute Gasteiger partial charge is 0.444 e. The van der Waals surface area contributed by atoms with Gasteiger partial charge in [0.1, 0.15) is 11.2 Å². The maximum Gasteiger partial charge on any atom is 0.414 e. The summed E-state index contributed by atoms with van der Waals surface area (Å²) in [6, 6.07) is -0.406. The van der Waals surface area contributed by atoms with Crippen molar-refractivity contribution in [1.29, 1.82) is 0 Å². The van der Waals surface area contributed by atoms with Crippen LogP contribution >= 0.6 is 0 Å². The van der Waals surface area contributed by atoms with Crippen LogP contribution in [-0.4, -0.2) is 106 Å². The fraction of sp³-hybridized carbons (Fsp3) is 0.828. The van der Waals surface area contributed by atoms with Crippen LogP contribution in [0.4, 0.5) is 14.4 Å². The Labute approximate surface area is 258 Å². The number of nitrogens with zero attached hydrogens (tertiary/aromatic N) is 2. The lowest BCUT2D eigenvalue weighted by molar-refractivity contribution is -0.120. The van der Waals surface area contributed by atoms with Gasteiger partial charge in [0.05, 0.1) is 6.54 Å². The average molecular weight is 615 g/mol. The van der Waals surface area contributed by atoms with Crippen molar-refractivity contribution in [1.82, 2.24) is 36.8 Å². The highest BCUT2D eigenvalue weighted by Gasteiger charge is 2.21. The van der Waals surface area contributed by atoms with Crippen molar-refractivity contribution in [2.24, 2.45) is 4.99 Å². The molecule has 14 heteroatoms. The van der Waals surface area contributed by atoms with E-state index in [1.165, 1.54) is 0 Å². The van der Waals surface area contributed by atoms with Gasteiger partial charge in [-0.1, -0.05) is 12.8 Å². The lowest BCUT2D eigenvalue weighted by Gasteiger charge is -2.27. The minimum atomic E-state index is -0.581. The molecule has 0 aromatic carbocycles. The van der Waals surface area contributed by atoms with Gasteiger partial charge in [-0.3, -0.25) is 15.1 Å². The molecule has 0 saturated carbocycles. The van der Waals surface area contributed by atoms with E-state index in [9.17, 15) is 19.2 Å². The smallest absolute Gasteiger partial charge is 0.414 e. The number of rotatable bonds is 18. The van der Waals surface area contributed by atoms with Gasteiger partial charge in [0.2, 0.25) is 11.9 Å². The summed E-state index contributed by atoms with van der Waals surface area (Å²) in [7, 11) is 3.45. The standard InChI is InChI=1S/C29H58N8O6/c1-28(2,3)42-26(40)36-24(31-8)33-18-12-10-9-11-17-32-23(38)22-35-25(39)34-19-13-14-20-37(21-15-16-30-7)27(41)43-29(4,5)6/h30H,9-22H2,1-8H3,(H,32,38)(H2,34,35,39)(H2,31,33,36,40). The number of unbranched alkanes of at least 4 members (excludes halogenated alkanes) is 4. The van der Waals surface area contributed by atoms with E-state index in [4.69, 9.17) is 9.47 Å². The maximum absolute atomic E-state index is 12.5. The van der Waals surface area contributed by atoms with E-state index in [-0.39, 0.29) is 18.5 Å². The van der Waals surface area contributed by atoms with E-state index in [1.807, 2.05) is 27.8 Å². The second kappa shape index (κ2) is 22.3. The molecule has 0 aliphatic rings. The number of hydrogen-bond donors (Lipinski definition) is 6. The van der Waals surface area contributed by atoms with Crippen molar-refractivity contribution < 1.29 is 28.7 Å². The van der Waals surface area contributed by atoms with Crippen LogP contribution in [0, 0.1) is 0 Å². The number of alkyl carbamates (subject to hydrolysis) is 1. The molecule has 0 rings (SSSR count). The summed E-state index contributed by atoms with van der Waals surface area (Å²) in [6.07, 6.45) is 4.90. The van der Waals surface area contributed by atoms with Crippen molar-refractivity contribution >= 4 is 30.1 Å². The molecule has 0 aliphatic heterocycles. The van der Waals surface area contributed by atoms with Gasteiger partial charge in [0, 0.05) is 39.8 Å². The molecule has 0 spiro atoms. The maximum atomic E-state index is 12.5. The molecule has 14 nitrogen and oxygen atoms in total. The second-order valence-electron chi connectivity index (χ2n) is 12.1. The molecule has 5 amide bonds. The quantitative estimate of drug-likeness (QED) is 0.0776. The number of aliphatic imine (C=N–C) groups is 1. The molecule has 0 aromatic rings. The zero-order valence-electron chi connectivity index (χ0n) is 27.7. The summed E-state index contributed by atoms with van der Waals surface area (Å²) in [5.41, 5.74) is -1.13. The summed E-state index contributed by atoms with van der Waals surface area (Å²) in [5, 5.41) is 16.8. The first-order valence-corrected chi connectivity index (χ1v) is 15.3. The Balaban J connectivity index is 3.94. The highest BCUT2D eigenvalue weighted by atomic mass is 16.6. The fourth-order valence-corrected chi connectivity index (χ4v) is 3.60. The minimum absolute atomic E-state index is 0.0998.